The van der Waals surface area contributed by atoms with Crippen molar-refractivity contribution in [1.82, 2.24) is 13.9 Å². The Bertz CT molecular complexity index is 1850. The number of rotatable bonds is 5. The number of nitrogens with zero attached hydrogens (tertiary/aromatic N) is 3. The van der Waals surface area contributed by atoms with Crippen LogP contribution in [0.5, 0.6) is 17.2 Å². The minimum Gasteiger partial charge on any atom is -0.502 e. The lowest BCUT2D eigenvalue weighted by molar-refractivity contribution is -0.116. The molecule has 2 heterocycles. The third kappa shape index (κ3) is 4.15. The number of hydrogen-bond donors (Lipinski definition) is 1. The van der Waals surface area contributed by atoms with E-state index in [2.05, 4.69) is 15.9 Å². The van der Waals surface area contributed by atoms with Gasteiger partial charge in [0.05, 0.1) is 37.0 Å². The molecule has 0 saturated heterocycles. The number of phenols is 1. The number of carbonyl (C=O) groups excluding carboxylic acids is 2. The highest BCUT2D eigenvalue weighted by atomic mass is 79.9. The quantitative estimate of drug-likeness (QED) is 0.344. The van der Waals surface area contributed by atoms with Crippen LogP contribution >= 0.6 is 15.9 Å². The van der Waals surface area contributed by atoms with Gasteiger partial charge in [-0.2, -0.15) is 0 Å². The van der Waals surface area contributed by atoms with Crippen molar-refractivity contribution in [2.45, 2.75) is 19.0 Å². The van der Waals surface area contributed by atoms with Crippen LogP contribution in [0.4, 0.5) is 0 Å². The van der Waals surface area contributed by atoms with Crippen LogP contribution in [0, 0.1) is 5.92 Å². The van der Waals surface area contributed by atoms with Crippen LogP contribution < -0.4 is 20.9 Å². The second kappa shape index (κ2) is 10.1. The van der Waals surface area contributed by atoms with Gasteiger partial charge in [0, 0.05) is 29.6 Å². The molecular weight excluding hydrogens is 594 g/mol. The number of ketones is 2. The minimum atomic E-state index is -0.665. The predicted molar refractivity (Wildman–Crippen MR) is 154 cm³/mol. The van der Waals surface area contributed by atoms with Gasteiger partial charge in [-0.15, -0.1) is 0 Å². The number of para-hydroxylation sites is 1. The molecule has 11 heteroatoms. The molecule has 2 aliphatic carbocycles. The van der Waals surface area contributed by atoms with E-state index in [0.29, 0.717) is 22.4 Å². The number of allylic oxidation sites excluding steroid dienone is 7. The first kappa shape index (κ1) is 26.6. The van der Waals surface area contributed by atoms with Crippen molar-refractivity contribution in [3.05, 3.63) is 108 Å². The van der Waals surface area contributed by atoms with Gasteiger partial charge in [0.25, 0.3) is 0 Å². The first-order chi connectivity index (χ1) is 19.7. The zero-order chi connectivity index (χ0) is 29.0. The lowest BCUT2D eigenvalue weighted by Gasteiger charge is -2.38. The monoisotopic (exact) mass is 617 g/mol. The van der Waals surface area contributed by atoms with Crippen molar-refractivity contribution in [1.29, 1.82) is 0 Å². The second-order valence-corrected chi connectivity index (χ2v) is 10.6. The summed E-state index contributed by atoms with van der Waals surface area (Å²) in [6.45, 7) is 0.120. The molecule has 0 saturated carbocycles. The molecule has 208 valence electrons. The van der Waals surface area contributed by atoms with Crippen LogP contribution in [0.25, 0.3) is 11.8 Å². The van der Waals surface area contributed by atoms with Crippen LogP contribution in [0.2, 0.25) is 0 Å². The number of benzene rings is 2. The third-order valence-electron chi connectivity index (χ3n) is 7.64. The molecule has 41 heavy (non-hydrogen) atoms. The SMILES string of the molecule is COc1cc(C=C[C@H]2C3=CCn4c(=O)n(-c5ccccc5)c(=O)n4[C@@H]3CC3=C2C(=O)C=C(Br)C3=O)cc(OC)c1O. The summed E-state index contributed by atoms with van der Waals surface area (Å²) >= 11 is 3.22. The average molecular weight is 618 g/mol. The summed E-state index contributed by atoms with van der Waals surface area (Å²) in [6.07, 6.45) is 6.73. The summed E-state index contributed by atoms with van der Waals surface area (Å²) < 4.78 is 14.6. The summed E-state index contributed by atoms with van der Waals surface area (Å²) in [5, 5.41) is 10.3. The third-order valence-corrected chi connectivity index (χ3v) is 8.23. The number of methoxy groups -OCH3 is 2. The summed E-state index contributed by atoms with van der Waals surface area (Å²) in [4.78, 5) is 53.7. The van der Waals surface area contributed by atoms with Gasteiger partial charge in [-0.3, -0.25) is 9.59 Å². The van der Waals surface area contributed by atoms with E-state index in [4.69, 9.17) is 9.47 Å². The zero-order valence-electron chi connectivity index (χ0n) is 22.0. The maximum absolute atomic E-state index is 13.7. The average Bonchev–Trinajstić information content (AvgIpc) is 3.24. The Labute approximate surface area is 241 Å². The van der Waals surface area contributed by atoms with E-state index in [-0.39, 0.29) is 46.3 Å². The smallest absolute Gasteiger partial charge is 0.352 e. The fraction of sp³-hybridized carbons (Fsp3) is 0.200. The van der Waals surface area contributed by atoms with Gasteiger partial charge in [0.2, 0.25) is 5.75 Å². The van der Waals surface area contributed by atoms with Crippen LogP contribution in [-0.4, -0.2) is 44.8 Å². The standard InChI is InChI=1S/C30H24BrN3O7/c1-40-24-12-16(13-25(41-2)28(24)37)8-9-19-18-10-11-32-29(38)33(17-6-4-3-5-7-17)30(39)34(32)22(18)14-20-26(19)23(35)15-21(31)27(20)36/h3-10,12-13,15,19,22,37H,11,14H2,1-2H3/t19-,22+/m0/s1. The summed E-state index contributed by atoms with van der Waals surface area (Å²) in [5.41, 5.74) is 1.41. The normalized spacial score (nSPS) is 19.9. The Morgan fingerprint density at radius 1 is 1.00 bits per heavy atom. The molecule has 10 nitrogen and oxygen atoms in total. The van der Waals surface area contributed by atoms with Gasteiger partial charge in [-0.1, -0.05) is 36.4 Å². The Morgan fingerprint density at radius 3 is 2.34 bits per heavy atom. The Morgan fingerprint density at radius 2 is 1.68 bits per heavy atom. The van der Waals surface area contributed by atoms with Crippen molar-refractivity contribution >= 4 is 33.6 Å². The summed E-state index contributed by atoms with van der Waals surface area (Å²) in [7, 11) is 2.85. The van der Waals surface area contributed by atoms with Crippen molar-refractivity contribution in [3.63, 3.8) is 0 Å². The molecule has 2 aromatic carbocycles. The Hall–Kier alpha value is -4.64. The molecular formula is C30H24BrN3O7. The second-order valence-electron chi connectivity index (χ2n) is 9.78. The van der Waals surface area contributed by atoms with E-state index in [9.17, 15) is 24.3 Å². The highest BCUT2D eigenvalue weighted by molar-refractivity contribution is 9.12. The number of Topliss-reactive ketones (excluding diaryl/α,β-unsaturated/α-hetero) is 1. The molecule has 0 spiro atoms. The number of carbonyl (C=O) groups is 2. The van der Waals surface area contributed by atoms with Gasteiger partial charge in [0.1, 0.15) is 0 Å². The highest BCUT2D eigenvalue weighted by Gasteiger charge is 2.43. The highest BCUT2D eigenvalue weighted by Crippen LogP contribution is 2.46. The van der Waals surface area contributed by atoms with Gasteiger partial charge in [-0.25, -0.2) is 23.5 Å². The van der Waals surface area contributed by atoms with E-state index in [1.54, 1.807) is 54.6 Å². The van der Waals surface area contributed by atoms with Crippen molar-refractivity contribution in [3.8, 4) is 22.9 Å². The molecule has 0 unspecified atom stereocenters. The van der Waals surface area contributed by atoms with Gasteiger partial charge < -0.3 is 14.6 Å². The fourth-order valence-electron chi connectivity index (χ4n) is 5.77. The van der Waals surface area contributed by atoms with Gasteiger partial charge in [-0.05, 0) is 51.3 Å². The van der Waals surface area contributed by atoms with E-state index >= 15 is 0 Å². The lowest BCUT2D eigenvalue weighted by Crippen LogP contribution is -2.41. The van der Waals surface area contributed by atoms with E-state index in [0.717, 1.165) is 10.1 Å². The number of aromatic nitrogens is 3. The Kier molecular flexibility index (Phi) is 6.53. The first-order valence-corrected chi connectivity index (χ1v) is 13.6. The van der Waals surface area contributed by atoms with Crippen LogP contribution in [-0.2, 0) is 16.1 Å². The molecule has 3 aliphatic rings. The van der Waals surface area contributed by atoms with Crippen molar-refractivity contribution in [2.75, 3.05) is 14.2 Å². The maximum atomic E-state index is 13.7. The fourth-order valence-corrected chi connectivity index (χ4v) is 6.22. The lowest BCUT2D eigenvalue weighted by atomic mass is 9.71. The van der Waals surface area contributed by atoms with E-state index in [1.807, 2.05) is 6.08 Å². The molecule has 0 fully saturated rings. The van der Waals surface area contributed by atoms with Crippen LogP contribution in [0.1, 0.15) is 18.0 Å². The molecule has 3 aromatic rings. The zero-order valence-corrected chi connectivity index (χ0v) is 23.6. The molecule has 0 amide bonds. The van der Waals surface area contributed by atoms with Crippen molar-refractivity contribution in [2.24, 2.45) is 5.92 Å². The molecule has 0 bridgehead atoms. The molecule has 2 atom stereocenters. The maximum Gasteiger partial charge on any atom is 0.352 e. The molecule has 1 aromatic heterocycles. The minimum absolute atomic E-state index is 0.0814. The van der Waals surface area contributed by atoms with Gasteiger partial charge >= 0.3 is 11.4 Å². The largest absolute Gasteiger partial charge is 0.502 e. The molecule has 0 radical (unpaired) electrons. The number of ether oxygens (including phenoxy) is 2. The van der Waals surface area contributed by atoms with E-state index < -0.39 is 23.3 Å². The number of aromatic hydroxyl groups is 1. The summed E-state index contributed by atoms with van der Waals surface area (Å²) in [5.74, 6) is -1.03. The topological polar surface area (TPSA) is 122 Å². The number of phenolic OH excluding ortho intramolecular Hbond substituents is 1. The van der Waals surface area contributed by atoms with Crippen molar-refractivity contribution < 1.29 is 24.2 Å². The number of halogens is 1. The first-order valence-electron chi connectivity index (χ1n) is 12.8. The Balaban J connectivity index is 1.51. The molecule has 1 N–H and O–H groups in total. The molecule has 1 aliphatic heterocycles. The van der Waals surface area contributed by atoms with Crippen LogP contribution in [0.15, 0.2) is 91.5 Å². The van der Waals surface area contributed by atoms with E-state index in [1.165, 1.54) is 29.7 Å². The predicted octanol–water partition coefficient (Wildman–Crippen LogP) is 3.47. The number of fused-ring (bicyclic) bond motifs is 3. The molecule has 6 rings (SSSR count). The number of hydrogen-bond acceptors (Lipinski definition) is 7. The summed E-state index contributed by atoms with van der Waals surface area (Å²) in [6, 6.07) is 11.2. The van der Waals surface area contributed by atoms with Gasteiger partial charge in [0.15, 0.2) is 23.1 Å². The van der Waals surface area contributed by atoms with Crippen LogP contribution in [0.3, 0.4) is 0 Å².